The number of aliphatic hydroxyl groups excluding tert-OH is 1. The molecule has 1 heterocycles. The predicted octanol–water partition coefficient (Wildman–Crippen LogP) is -0.275. The second-order valence-corrected chi connectivity index (χ2v) is 2.32. The number of nitrogens with two attached hydrogens (primary N) is 1. The van der Waals surface area contributed by atoms with E-state index in [1.807, 2.05) is 0 Å². The summed E-state index contributed by atoms with van der Waals surface area (Å²) in [5.41, 5.74) is 5.36. The van der Waals surface area contributed by atoms with Crippen LogP contribution in [0.5, 0.6) is 0 Å². The molecule has 0 bridgehead atoms. The number of carboxylic acid groups (broad SMARTS) is 1. The summed E-state index contributed by atoms with van der Waals surface area (Å²) in [6.07, 6.45) is -0.264. The molecule has 0 amide bonds. The monoisotopic (exact) mass is 171 g/mol. The van der Waals surface area contributed by atoms with Crippen molar-refractivity contribution in [2.24, 2.45) is 5.73 Å². The molecule has 5 heteroatoms. The Morgan fingerprint density at radius 3 is 2.75 bits per heavy atom. The normalized spacial score (nSPS) is 15.5. The first-order valence-corrected chi connectivity index (χ1v) is 3.33. The molecule has 0 radical (unpaired) electrons. The highest BCUT2D eigenvalue weighted by atomic mass is 16.4. The van der Waals surface area contributed by atoms with E-state index in [1.165, 1.54) is 12.3 Å². The summed E-state index contributed by atoms with van der Waals surface area (Å²) < 4.78 is 4.82. The van der Waals surface area contributed by atoms with Crippen molar-refractivity contribution in [2.75, 3.05) is 0 Å². The molecule has 12 heavy (non-hydrogen) atoms. The highest BCUT2D eigenvalue weighted by Crippen LogP contribution is 2.14. The van der Waals surface area contributed by atoms with Gasteiger partial charge in [-0.3, -0.25) is 0 Å². The Balaban J connectivity index is 2.71. The van der Waals surface area contributed by atoms with Crippen LogP contribution in [0.1, 0.15) is 11.8 Å². The smallest absolute Gasteiger partial charge is 0.334 e. The van der Waals surface area contributed by atoms with Gasteiger partial charge in [0.2, 0.25) is 0 Å². The summed E-state index contributed by atoms with van der Waals surface area (Å²) in [4.78, 5) is 10.3. The van der Waals surface area contributed by atoms with Gasteiger partial charge in [-0.2, -0.15) is 0 Å². The maximum atomic E-state index is 10.3. The quantitative estimate of drug-likeness (QED) is 0.581. The highest BCUT2D eigenvalue weighted by molar-refractivity contribution is 5.73. The maximum Gasteiger partial charge on any atom is 0.334 e. The molecule has 0 aliphatic rings. The van der Waals surface area contributed by atoms with E-state index in [2.05, 4.69) is 0 Å². The summed E-state index contributed by atoms with van der Waals surface area (Å²) in [5.74, 6) is -1.11. The Bertz CT molecular complexity index is 256. The first kappa shape index (κ1) is 8.76. The predicted molar refractivity (Wildman–Crippen MR) is 39.3 cm³/mol. The summed E-state index contributed by atoms with van der Waals surface area (Å²) in [7, 11) is 0. The van der Waals surface area contributed by atoms with E-state index in [0.29, 0.717) is 0 Å². The Morgan fingerprint density at radius 1 is 1.67 bits per heavy atom. The molecule has 2 atom stereocenters. The van der Waals surface area contributed by atoms with E-state index in [-0.39, 0.29) is 5.76 Å². The average molecular weight is 171 g/mol. The zero-order valence-corrected chi connectivity index (χ0v) is 6.18. The molecule has 0 aromatic carbocycles. The Morgan fingerprint density at radius 2 is 2.33 bits per heavy atom. The van der Waals surface area contributed by atoms with Gasteiger partial charge in [-0.05, 0) is 12.1 Å². The first-order valence-electron chi connectivity index (χ1n) is 3.33. The first-order chi connectivity index (χ1) is 5.63. The van der Waals surface area contributed by atoms with Crippen LogP contribution in [0.3, 0.4) is 0 Å². The van der Waals surface area contributed by atoms with Crippen molar-refractivity contribution in [1.29, 1.82) is 0 Å². The SMILES string of the molecule is N[C@@H](c1ccco1)[C@H](O)C(=O)O. The minimum Gasteiger partial charge on any atom is -0.479 e. The van der Waals surface area contributed by atoms with Gasteiger partial charge in [0.25, 0.3) is 0 Å². The molecule has 1 aromatic heterocycles. The number of furan rings is 1. The average Bonchev–Trinajstić information content (AvgIpc) is 2.53. The molecule has 0 aliphatic heterocycles. The van der Waals surface area contributed by atoms with E-state index in [0.717, 1.165) is 0 Å². The molecule has 0 spiro atoms. The van der Waals surface area contributed by atoms with E-state index < -0.39 is 18.1 Å². The minimum atomic E-state index is -1.63. The van der Waals surface area contributed by atoms with Gasteiger partial charge in [0.15, 0.2) is 6.10 Å². The Kier molecular flexibility index (Phi) is 2.47. The van der Waals surface area contributed by atoms with Crippen molar-refractivity contribution in [2.45, 2.75) is 12.1 Å². The summed E-state index contributed by atoms with van der Waals surface area (Å²) in [5, 5.41) is 17.4. The lowest BCUT2D eigenvalue weighted by Crippen LogP contribution is -2.32. The van der Waals surface area contributed by atoms with Gasteiger partial charge < -0.3 is 20.4 Å². The molecule has 66 valence electrons. The van der Waals surface area contributed by atoms with E-state index in [1.54, 1.807) is 6.07 Å². The molecule has 0 saturated carbocycles. The molecular weight excluding hydrogens is 162 g/mol. The van der Waals surface area contributed by atoms with Crippen LogP contribution in [0.2, 0.25) is 0 Å². The molecule has 0 fully saturated rings. The fourth-order valence-electron chi connectivity index (χ4n) is 0.790. The second-order valence-electron chi connectivity index (χ2n) is 2.32. The summed E-state index contributed by atoms with van der Waals surface area (Å²) in [6.45, 7) is 0. The Hall–Kier alpha value is -1.33. The van der Waals surface area contributed by atoms with Gasteiger partial charge in [0, 0.05) is 0 Å². The number of rotatable bonds is 3. The molecular formula is C7H9NO4. The van der Waals surface area contributed by atoms with Crippen molar-refractivity contribution in [1.82, 2.24) is 0 Å². The minimum absolute atomic E-state index is 0.255. The number of carbonyl (C=O) groups is 1. The van der Waals surface area contributed by atoms with Crippen molar-refractivity contribution in [3.8, 4) is 0 Å². The van der Waals surface area contributed by atoms with Crippen LogP contribution in [0.4, 0.5) is 0 Å². The van der Waals surface area contributed by atoms with Crippen molar-refractivity contribution in [3.05, 3.63) is 24.2 Å². The number of hydrogen-bond acceptors (Lipinski definition) is 4. The van der Waals surface area contributed by atoms with Gasteiger partial charge in [0.05, 0.1) is 6.26 Å². The number of aliphatic carboxylic acids is 1. The van der Waals surface area contributed by atoms with Crippen LogP contribution in [0.25, 0.3) is 0 Å². The molecule has 1 rings (SSSR count). The van der Waals surface area contributed by atoms with Crippen LogP contribution in [-0.4, -0.2) is 22.3 Å². The highest BCUT2D eigenvalue weighted by Gasteiger charge is 2.25. The fraction of sp³-hybridized carbons (Fsp3) is 0.286. The number of hydrogen-bond donors (Lipinski definition) is 3. The summed E-state index contributed by atoms with van der Waals surface area (Å²) in [6, 6.07) is 2.07. The zero-order chi connectivity index (χ0) is 9.14. The molecule has 0 unspecified atom stereocenters. The third-order valence-electron chi connectivity index (χ3n) is 1.46. The summed E-state index contributed by atoms with van der Waals surface area (Å²) >= 11 is 0. The molecule has 1 aromatic rings. The second kappa shape index (κ2) is 3.38. The van der Waals surface area contributed by atoms with Gasteiger partial charge in [-0.25, -0.2) is 4.79 Å². The van der Waals surface area contributed by atoms with Crippen LogP contribution < -0.4 is 5.73 Å². The fourth-order valence-corrected chi connectivity index (χ4v) is 0.790. The van der Waals surface area contributed by atoms with Crippen LogP contribution in [-0.2, 0) is 4.79 Å². The van der Waals surface area contributed by atoms with Gasteiger partial charge in [-0.15, -0.1) is 0 Å². The third-order valence-corrected chi connectivity index (χ3v) is 1.46. The lowest BCUT2D eigenvalue weighted by molar-refractivity contribution is -0.148. The largest absolute Gasteiger partial charge is 0.479 e. The number of aliphatic hydroxyl groups is 1. The van der Waals surface area contributed by atoms with Gasteiger partial charge in [-0.1, -0.05) is 0 Å². The van der Waals surface area contributed by atoms with Crippen molar-refractivity contribution < 1.29 is 19.4 Å². The molecule has 0 saturated heterocycles. The van der Waals surface area contributed by atoms with E-state index in [9.17, 15) is 4.79 Å². The van der Waals surface area contributed by atoms with Crippen LogP contribution >= 0.6 is 0 Å². The number of carboxylic acids is 1. The van der Waals surface area contributed by atoms with Crippen molar-refractivity contribution >= 4 is 5.97 Å². The molecule has 5 nitrogen and oxygen atoms in total. The van der Waals surface area contributed by atoms with Crippen LogP contribution in [0.15, 0.2) is 22.8 Å². The lowest BCUT2D eigenvalue weighted by atomic mass is 10.1. The molecule has 4 N–H and O–H groups in total. The standard InChI is InChI=1S/C7H9NO4/c8-5(6(9)7(10)11)4-2-1-3-12-4/h1-3,5-6,9H,8H2,(H,10,11)/t5-,6-/m0/s1. The lowest BCUT2D eigenvalue weighted by Gasteiger charge is -2.11. The Labute approximate surface area is 68.4 Å². The van der Waals surface area contributed by atoms with Crippen molar-refractivity contribution in [3.63, 3.8) is 0 Å². The van der Waals surface area contributed by atoms with Gasteiger partial charge in [0.1, 0.15) is 11.8 Å². The van der Waals surface area contributed by atoms with E-state index >= 15 is 0 Å². The van der Waals surface area contributed by atoms with E-state index in [4.69, 9.17) is 20.4 Å². The van der Waals surface area contributed by atoms with Crippen LogP contribution in [0, 0.1) is 0 Å². The molecule has 0 aliphatic carbocycles. The zero-order valence-electron chi connectivity index (χ0n) is 6.18. The third kappa shape index (κ3) is 1.63. The maximum absolute atomic E-state index is 10.3. The van der Waals surface area contributed by atoms with Gasteiger partial charge >= 0.3 is 5.97 Å². The topological polar surface area (TPSA) is 96.7 Å².